The molecule has 0 amide bonds. The van der Waals surface area contributed by atoms with Crippen molar-refractivity contribution in [3.8, 4) is 0 Å². The number of rotatable bonds is 7. The SMILES string of the molecule is CCCC(C)CC(NC)C1(OC)CCCC(C)C1. The van der Waals surface area contributed by atoms with Crippen LogP contribution in [0.25, 0.3) is 0 Å². The largest absolute Gasteiger partial charge is 0.377 e. The molecular formula is C16H33NO. The molecule has 0 aromatic carbocycles. The van der Waals surface area contributed by atoms with Crippen LogP contribution in [0, 0.1) is 11.8 Å². The van der Waals surface area contributed by atoms with E-state index in [0.717, 1.165) is 11.8 Å². The molecular weight excluding hydrogens is 222 g/mol. The summed E-state index contributed by atoms with van der Waals surface area (Å²) in [7, 11) is 4.01. The summed E-state index contributed by atoms with van der Waals surface area (Å²) in [4.78, 5) is 0. The molecule has 4 atom stereocenters. The van der Waals surface area contributed by atoms with E-state index in [9.17, 15) is 0 Å². The number of hydrogen-bond acceptors (Lipinski definition) is 2. The summed E-state index contributed by atoms with van der Waals surface area (Å²) in [5, 5.41) is 3.55. The molecule has 0 bridgehead atoms. The van der Waals surface area contributed by atoms with Crippen LogP contribution in [0.1, 0.15) is 65.7 Å². The van der Waals surface area contributed by atoms with Crippen molar-refractivity contribution in [2.75, 3.05) is 14.2 Å². The average molecular weight is 255 g/mol. The molecule has 0 heterocycles. The minimum Gasteiger partial charge on any atom is -0.377 e. The maximum Gasteiger partial charge on any atom is 0.0833 e. The fourth-order valence-corrected chi connectivity index (χ4v) is 3.80. The molecule has 2 nitrogen and oxygen atoms in total. The second-order valence-electron chi connectivity index (χ2n) is 6.44. The molecule has 18 heavy (non-hydrogen) atoms. The van der Waals surface area contributed by atoms with Crippen molar-refractivity contribution in [1.29, 1.82) is 0 Å². The fraction of sp³-hybridized carbons (Fsp3) is 1.00. The molecule has 0 aliphatic heterocycles. The fourth-order valence-electron chi connectivity index (χ4n) is 3.80. The number of methoxy groups -OCH3 is 1. The molecule has 1 aliphatic carbocycles. The van der Waals surface area contributed by atoms with E-state index in [1.807, 2.05) is 7.11 Å². The van der Waals surface area contributed by atoms with Crippen molar-refractivity contribution in [2.45, 2.75) is 77.4 Å². The Balaban J connectivity index is 2.69. The maximum absolute atomic E-state index is 6.02. The van der Waals surface area contributed by atoms with Gasteiger partial charge in [0.05, 0.1) is 5.60 Å². The molecule has 0 aromatic heterocycles. The zero-order valence-electron chi connectivity index (χ0n) is 13.1. The van der Waals surface area contributed by atoms with E-state index in [0.29, 0.717) is 6.04 Å². The third kappa shape index (κ3) is 3.96. The van der Waals surface area contributed by atoms with Crippen LogP contribution in [0.4, 0.5) is 0 Å². The summed E-state index contributed by atoms with van der Waals surface area (Å²) in [6.07, 6.45) is 8.97. The van der Waals surface area contributed by atoms with E-state index < -0.39 is 0 Å². The van der Waals surface area contributed by atoms with Crippen LogP contribution < -0.4 is 5.32 Å². The van der Waals surface area contributed by atoms with Crippen molar-refractivity contribution in [1.82, 2.24) is 5.32 Å². The van der Waals surface area contributed by atoms with Gasteiger partial charge in [0, 0.05) is 13.2 Å². The number of ether oxygens (including phenoxy) is 1. The van der Waals surface area contributed by atoms with Gasteiger partial charge in [-0.2, -0.15) is 0 Å². The van der Waals surface area contributed by atoms with Crippen LogP contribution in [0.15, 0.2) is 0 Å². The molecule has 0 spiro atoms. The average Bonchev–Trinajstić information content (AvgIpc) is 2.36. The first-order valence-electron chi connectivity index (χ1n) is 7.80. The predicted molar refractivity (Wildman–Crippen MR) is 78.9 cm³/mol. The topological polar surface area (TPSA) is 21.3 Å². The Morgan fingerprint density at radius 2 is 2.17 bits per heavy atom. The van der Waals surface area contributed by atoms with Gasteiger partial charge in [0.2, 0.25) is 0 Å². The van der Waals surface area contributed by atoms with E-state index in [4.69, 9.17) is 4.74 Å². The molecule has 1 fully saturated rings. The van der Waals surface area contributed by atoms with Gasteiger partial charge in [-0.05, 0) is 38.1 Å². The normalized spacial score (nSPS) is 32.2. The summed E-state index contributed by atoms with van der Waals surface area (Å²) < 4.78 is 6.02. The highest BCUT2D eigenvalue weighted by Gasteiger charge is 2.41. The summed E-state index contributed by atoms with van der Waals surface area (Å²) in [6.45, 7) is 7.03. The lowest BCUT2D eigenvalue weighted by Crippen LogP contribution is -2.54. The third-order valence-electron chi connectivity index (χ3n) is 4.80. The van der Waals surface area contributed by atoms with E-state index in [2.05, 4.69) is 33.1 Å². The van der Waals surface area contributed by atoms with Crippen molar-refractivity contribution in [2.24, 2.45) is 11.8 Å². The summed E-state index contributed by atoms with van der Waals surface area (Å²) in [6, 6.07) is 0.506. The van der Waals surface area contributed by atoms with Gasteiger partial charge in [0.15, 0.2) is 0 Å². The lowest BCUT2D eigenvalue weighted by atomic mass is 9.72. The van der Waals surface area contributed by atoms with Crippen LogP contribution >= 0.6 is 0 Å². The van der Waals surface area contributed by atoms with Crippen LogP contribution in [-0.2, 0) is 4.74 Å². The van der Waals surface area contributed by atoms with Crippen LogP contribution in [0.2, 0.25) is 0 Å². The molecule has 108 valence electrons. The monoisotopic (exact) mass is 255 g/mol. The van der Waals surface area contributed by atoms with E-state index in [-0.39, 0.29) is 5.60 Å². The molecule has 4 unspecified atom stereocenters. The molecule has 2 heteroatoms. The number of nitrogens with one attached hydrogen (secondary N) is 1. The van der Waals surface area contributed by atoms with Crippen LogP contribution in [-0.4, -0.2) is 25.8 Å². The van der Waals surface area contributed by atoms with Gasteiger partial charge < -0.3 is 10.1 Å². The Bertz CT molecular complexity index is 231. The molecule has 1 aliphatic rings. The Kier molecular flexibility index (Phi) is 6.65. The molecule has 1 saturated carbocycles. The number of likely N-dealkylation sites (N-methyl/N-ethyl adjacent to an activating group) is 1. The highest BCUT2D eigenvalue weighted by molar-refractivity contribution is 4.96. The van der Waals surface area contributed by atoms with Crippen molar-refractivity contribution in [3.63, 3.8) is 0 Å². The Hall–Kier alpha value is -0.0800. The number of hydrogen-bond donors (Lipinski definition) is 1. The standard InChI is InChI=1S/C16H33NO/c1-6-8-13(2)11-15(17-4)16(18-5)10-7-9-14(3)12-16/h13-15,17H,6-12H2,1-5H3. The predicted octanol–water partition coefficient (Wildman–Crippen LogP) is 4.00. The Morgan fingerprint density at radius 3 is 2.67 bits per heavy atom. The van der Waals surface area contributed by atoms with E-state index in [1.165, 1.54) is 44.9 Å². The quantitative estimate of drug-likeness (QED) is 0.742. The zero-order chi connectivity index (χ0) is 13.6. The smallest absolute Gasteiger partial charge is 0.0833 e. The van der Waals surface area contributed by atoms with Gasteiger partial charge in [0.25, 0.3) is 0 Å². The third-order valence-corrected chi connectivity index (χ3v) is 4.80. The second-order valence-corrected chi connectivity index (χ2v) is 6.44. The molecule has 0 aromatic rings. The van der Waals surface area contributed by atoms with Gasteiger partial charge in [-0.15, -0.1) is 0 Å². The molecule has 0 radical (unpaired) electrons. The maximum atomic E-state index is 6.02. The Morgan fingerprint density at radius 1 is 1.44 bits per heavy atom. The minimum atomic E-state index is 0.0778. The second kappa shape index (κ2) is 7.49. The Labute approximate surface area is 114 Å². The zero-order valence-corrected chi connectivity index (χ0v) is 13.1. The minimum absolute atomic E-state index is 0.0778. The summed E-state index contributed by atoms with van der Waals surface area (Å²) in [5.74, 6) is 1.59. The van der Waals surface area contributed by atoms with Gasteiger partial charge >= 0.3 is 0 Å². The summed E-state index contributed by atoms with van der Waals surface area (Å²) >= 11 is 0. The van der Waals surface area contributed by atoms with Gasteiger partial charge in [-0.3, -0.25) is 0 Å². The van der Waals surface area contributed by atoms with E-state index in [1.54, 1.807) is 0 Å². The van der Waals surface area contributed by atoms with Crippen LogP contribution in [0.5, 0.6) is 0 Å². The van der Waals surface area contributed by atoms with E-state index >= 15 is 0 Å². The lowest BCUT2D eigenvalue weighted by Gasteiger charge is -2.45. The highest BCUT2D eigenvalue weighted by Crippen LogP contribution is 2.39. The van der Waals surface area contributed by atoms with Gasteiger partial charge in [-0.1, -0.05) is 46.5 Å². The van der Waals surface area contributed by atoms with Crippen LogP contribution in [0.3, 0.4) is 0 Å². The van der Waals surface area contributed by atoms with Crippen molar-refractivity contribution >= 4 is 0 Å². The molecule has 1 rings (SSSR count). The molecule has 0 saturated heterocycles. The molecule has 1 N–H and O–H groups in total. The summed E-state index contributed by atoms with van der Waals surface area (Å²) in [5.41, 5.74) is 0.0778. The first kappa shape index (κ1) is 16.0. The van der Waals surface area contributed by atoms with Crippen molar-refractivity contribution in [3.05, 3.63) is 0 Å². The van der Waals surface area contributed by atoms with Crippen molar-refractivity contribution < 1.29 is 4.74 Å². The lowest BCUT2D eigenvalue weighted by molar-refractivity contribution is -0.0821. The highest BCUT2D eigenvalue weighted by atomic mass is 16.5. The van der Waals surface area contributed by atoms with Gasteiger partial charge in [-0.25, -0.2) is 0 Å². The first-order valence-corrected chi connectivity index (χ1v) is 7.80. The van der Waals surface area contributed by atoms with Gasteiger partial charge in [0.1, 0.15) is 0 Å². The first-order chi connectivity index (χ1) is 8.57.